The summed E-state index contributed by atoms with van der Waals surface area (Å²) in [5.74, 6) is 1.99. The van der Waals surface area contributed by atoms with Crippen molar-refractivity contribution < 1.29 is 13.5 Å². The minimum absolute atomic E-state index is 0.133. The number of aromatic nitrogens is 2. The van der Waals surface area contributed by atoms with Crippen LogP contribution in [-0.2, 0) is 4.74 Å². The number of halogens is 2. The van der Waals surface area contributed by atoms with Crippen LogP contribution in [0.25, 0.3) is 11.3 Å². The molecule has 3 aliphatic rings. The van der Waals surface area contributed by atoms with Crippen LogP contribution in [0.1, 0.15) is 25.7 Å². The van der Waals surface area contributed by atoms with Gasteiger partial charge in [-0.1, -0.05) is 0 Å². The van der Waals surface area contributed by atoms with E-state index in [2.05, 4.69) is 20.4 Å². The van der Waals surface area contributed by atoms with E-state index in [1.807, 2.05) is 0 Å². The highest BCUT2D eigenvalue weighted by atomic mass is 19.1. The van der Waals surface area contributed by atoms with E-state index in [0.29, 0.717) is 17.6 Å². The van der Waals surface area contributed by atoms with Crippen molar-refractivity contribution in [3.8, 4) is 11.3 Å². The third-order valence-electron chi connectivity index (χ3n) is 6.90. The van der Waals surface area contributed by atoms with E-state index in [1.165, 1.54) is 32.5 Å². The largest absolute Gasteiger partial charge is 0.381 e. The van der Waals surface area contributed by atoms with Crippen LogP contribution >= 0.6 is 0 Å². The van der Waals surface area contributed by atoms with Gasteiger partial charge in [-0.25, -0.2) is 8.78 Å². The molecule has 5 rings (SSSR count). The number of rotatable bonds is 5. The summed E-state index contributed by atoms with van der Waals surface area (Å²) in [4.78, 5) is 2.66. The van der Waals surface area contributed by atoms with Crippen molar-refractivity contribution in [2.75, 3.05) is 38.2 Å². The summed E-state index contributed by atoms with van der Waals surface area (Å²) in [7, 11) is 0. The molecule has 1 aromatic heterocycles. The van der Waals surface area contributed by atoms with Gasteiger partial charge in [-0.15, -0.1) is 10.2 Å². The SMILES string of the molecule is Fc1ccc(F)c(-c2ccc(NC3CC4CN(CC5CCOCC5)CC4C3)nn2)c1. The van der Waals surface area contributed by atoms with Crippen molar-refractivity contribution in [2.24, 2.45) is 17.8 Å². The van der Waals surface area contributed by atoms with E-state index in [9.17, 15) is 8.78 Å². The monoisotopic (exact) mass is 414 g/mol. The van der Waals surface area contributed by atoms with Gasteiger partial charge < -0.3 is 15.0 Å². The van der Waals surface area contributed by atoms with Crippen molar-refractivity contribution in [3.63, 3.8) is 0 Å². The Morgan fingerprint density at radius 1 is 1.00 bits per heavy atom. The summed E-state index contributed by atoms with van der Waals surface area (Å²) in [6.07, 6.45) is 4.70. The molecule has 0 radical (unpaired) electrons. The lowest BCUT2D eigenvalue weighted by Crippen LogP contribution is -2.32. The molecule has 160 valence electrons. The van der Waals surface area contributed by atoms with E-state index in [-0.39, 0.29) is 5.56 Å². The Balaban J connectivity index is 1.14. The zero-order valence-electron chi connectivity index (χ0n) is 17.1. The first-order valence-corrected chi connectivity index (χ1v) is 11.0. The van der Waals surface area contributed by atoms with Gasteiger partial charge >= 0.3 is 0 Å². The van der Waals surface area contributed by atoms with Gasteiger partial charge in [0.2, 0.25) is 0 Å². The lowest BCUT2D eigenvalue weighted by Gasteiger charge is -2.27. The molecule has 0 bridgehead atoms. The molecule has 0 spiro atoms. The lowest BCUT2D eigenvalue weighted by atomic mass is 10.00. The Bertz CT molecular complexity index is 858. The predicted molar refractivity (Wildman–Crippen MR) is 111 cm³/mol. The molecule has 1 aliphatic carbocycles. The smallest absolute Gasteiger partial charge is 0.148 e. The van der Waals surface area contributed by atoms with Gasteiger partial charge in [0, 0.05) is 44.5 Å². The number of benzene rings is 1. The van der Waals surface area contributed by atoms with E-state index >= 15 is 0 Å². The normalized spacial score (nSPS) is 27.3. The first-order valence-electron chi connectivity index (χ1n) is 11.0. The third-order valence-corrected chi connectivity index (χ3v) is 6.90. The number of hydrogen-bond donors (Lipinski definition) is 1. The third kappa shape index (κ3) is 4.32. The maximum absolute atomic E-state index is 13.9. The number of likely N-dealkylation sites (tertiary alicyclic amines) is 1. The van der Waals surface area contributed by atoms with Gasteiger partial charge in [-0.3, -0.25) is 0 Å². The zero-order chi connectivity index (χ0) is 20.5. The Morgan fingerprint density at radius 3 is 2.47 bits per heavy atom. The standard InChI is InChI=1S/C23H28F2N4O/c24-18-1-2-21(25)20(11-18)22-3-4-23(28-27-22)26-19-9-16-13-29(14-17(16)10-19)12-15-5-7-30-8-6-15/h1-4,11,15-17,19H,5-10,12-14H2,(H,26,28). The molecule has 2 atom stereocenters. The van der Waals surface area contributed by atoms with Crippen LogP contribution in [0.4, 0.5) is 14.6 Å². The molecule has 5 nitrogen and oxygen atoms in total. The predicted octanol–water partition coefficient (Wildman–Crippen LogP) is 3.97. The van der Waals surface area contributed by atoms with Crippen LogP contribution in [0.2, 0.25) is 0 Å². The fraction of sp³-hybridized carbons (Fsp3) is 0.565. The molecule has 1 saturated carbocycles. The van der Waals surface area contributed by atoms with Crippen molar-refractivity contribution in [1.29, 1.82) is 0 Å². The van der Waals surface area contributed by atoms with Crippen molar-refractivity contribution >= 4 is 5.82 Å². The maximum atomic E-state index is 13.9. The highest BCUT2D eigenvalue weighted by molar-refractivity contribution is 5.60. The topological polar surface area (TPSA) is 50.3 Å². The quantitative estimate of drug-likeness (QED) is 0.802. The maximum Gasteiger partial charge on any atom is 0.148 e. The Morgan fingerprint density at radius 2 is 1.77 bits per heavy atom. The van der Waals surface area contributed by atoms with Gasteiger partial charge in [0.1, 0.15) is 17.5 Å². The van der Waals surface area contributed by atoms with Gasteiger partial charge in [0.05, 0.1) is 5.69 Å². The average Bonchev–Trinajstić information content (AvgIpc) is 3.29. The minimum Gasteiger partial charge on any atom is -0.381 e. The number of ether oxygens (including phenoxy) is 1. The second kappa shape index (κ2) is 8.55. The Hall–Kier alpha value is -2.12. The second-order valence-electron chi connectivity index (χ2n) is 9.04. The molecule has 7 heteroatoms. The Kier molecular flexibility index (Phi) is 5.65. The van der Waals surface area contributed by atoms with E-state index < -0.39 is 11.6 Å². The van der Waals surface area contributed by atoms with Crippen LogP contribution in [0.3, 0.4) is 0 Å². The number of hydrogen-bond acceptors (Lipinski definition) is 5. The van der Waals surface area contributed by atoms with E-state index in [0.717, 1.165) is 62.0 Å². The first kappa shape index (κ1) is 19.8. The minimum atomic E-state index is -0.500. The van der Waals surface area contributed by atoms with Crippen molar-refractivity contribution in [1.82, 2.24) is 15.1 Å². The van der Waals surface area contributed by atoms with E-state index in [1.54, 1.807) is 12.1 Å². The van der Waals surface area contributed by atoms with E-state index in [4.69, 9.17) is 4.74 Å². The highest BCUT2D eigenvalue weighted by Gasteiger charge is 2.41. The van der Waals surface area contributed by atoms with Gasteiger partial charge in [0.15, 0.2) is 0 Å². The molecule has 3 heterocycles. The molecule has 2 saturated heterocycles. The second-order valence-corrected chi connectivity index (χ2v) is 9.04. The highest BCUT2D eigenvalue weighted by Crippen LogP contribution is 2.39. The van der Waals surface area contributed by atoms with Gasteiger partial charge in [-0.2, -0.15) is 0 Å². The summed E-state index contributed by atoms with van der Waals surface area (Å²) in [6.45, 7) is 5.46. The molecule has 2 unspecified atom stereocenters. The van der Waals surface area contributed by atoms with Gasteiger partial charge in [-0.05, 0) is 73.8 Å². The summed E-state index contributed by atoms with van der Waals surface area (Å²) in [6, 6.07) is 7.26. The summed E-state index contributed by atoms with van der Waals surface area (Å²) >= 11 is 0. The fourth-order valence-electron chi connectivity index (χ4n) is 5.41. The summed E-state index contributed by atoms with van der Waals surface area (Å²) < 4.78 is 32.8. The van der Waals surface area contributed by atoms with Gasteiger partial charge in [0.25, 0.3) is 0 Å². The molecule has 1 N–H and O–H groups in total. The fourth-order valence-corrected chi connectivity index (χ4v) is 5.41. The molecule has 1 aromatic carbocycles. The molecular formula is C23H28F2N4O. The van der Waals surface area contributed by atoms with Crippen LogP contribution in [0.5, 0.6) is 0 Å². The average molecular weight is 415 g/mol. The molecule has 0 amide bonds. The Labute approximate surface area is 175 Å². The summed E-state index contributed by atoms with van der Waals surface area (Å²) in [5.41, 5.74) is 0.471. The number of anilines is 1. The summed E-state index contributed by atoms with van der Waals surface area (Å²) in [5, 5.41) is 11.8. The number of fused-ring (bicyclic) bond motifs is 1. The molecule has 30 heavy (non-hydrogen) atoms. The molecule has 2 aromatic rings. The van der Waals surface area contributed by atoms with Crippen molar-refractivity contribution in [2.45, 2.75) is 31.7 Å². The first-order chi connectivity index (χ1) is 14.6. The number of nitrogens with zero attached hydrogens (tertiary/aromatic N) is 3. The lowest BCUT2D eigenvalue weighted by molar-refractivity contribution is 0.0545. The molecule has 2 aliphatic heterocycles. The zero-order valence-corrected chi connectivity index (χ0v) is 17.1. The molecule has 3 fully saturated rings. The van der Waals surface area contributed by atoms with Crippen LogP contribution in [-0.4, -0.2) is 54.0 Å². The van der Waals surface area contributed by atoms with Crippen LogP contribution in [0, 0.1) is 29.4 Å². The van der Waals surface area contributed by atoms with Crippen molar-refractivity contribution in [3.05, 3.63) is 42.0 Å². The van der Waals surface area contributed by atoms with Crippen LogP contribution < -0.4 is 5.32 Å². The number of nitrogens with one attached hydrogen (secondary N) is 1. The molecular weight excluding hydrogens is 386 g/mol. The van der Waals surface area contributed by atoms with Crippen LogP contribution in [0.15, 0.2) is 30.3 Å².